The number of rotatable bonds is 4. The van der Waals surface area contributed by atoms with Gasteiger partial charge in [0.15, 0.2) is 0 Å². The van der Waals surface area contributed by atoms with Gasteiger partial charge in [-0.25, -0.2) is 4.39 Å². The highest BCUT2D eigenvalue weighted by Gasteiger charge is 2.27. The molecule has 2 unspecified atom stereocenters. The number of halogens is 1. The van der Waals surface area contributed by atoms with Crippen molar-refractivity contribution in [2.24, 2.45) is 5.92 Å². The Labute approximate surface area is 102 Å². The van der Waals surface area contributed by atoms with E-state index in [1.807, 2.05) is 6.07 Å². The van der Waals surface area contributed by atoms with Crippen LogP contribution in [0.5, 0.6) is 0 Å². The first-order valence-electron chi connectivity index (χ1n) is 6.39. The van der Waals surface area contributed by atoms with Gasteiger partial charge in [0.25, 0.3) is 0 Å². The molecule has 1 aliphatic rings. The second-order valence-electron chi connectivity index (χ2n) is 4.56. The third-order valence-corrected chi connectivity index (χ3v) is 3.28. The monoisotopic (exact) mass is 237 g/mol. The van der Waals surface area contributed by atoms with Crippen molar-refractivity contribution in [1.82, 2.24) is 5.32 Å². The Hall–Kier alpha value is -0.930. The minimum Gasteiger partial charge on any atom is -0.373 e. The van der Waals surface area contributed by atoms with Crippen LogP contribution in [0.15, 0.2) is 24.3 Å². The average molecular weight is 237 g/mol. The van der Waals surface area contributed by atoms with E-state index < -0.39 is 0 Å². The summed E-state index contributed by atoms with van der Waals surface area (Å²) in [5.74, 6) is 0.268. The topological polar surface area (TPSA) is 21.3 Å². The summed E-state index contributed by atoms with van der Waals surface area (Å²) in [5.41, 5.74) is 0.965. The highest BCUT2D eigenvalue weighted by molar-refractivity contribution is 5.20. The summed E-state index contributed by atoms with van der Waals surface area (Å²) < 4.78 is 19.1. The van der Waals surface area contributed by atoms with Crippen molar-refractivity contribution in [3.8, 4) is 0 Å². The molecule has 94 valence electrons. The summed E-state index contributed by atoms with van der Waals surface area (Å²) in [7, 11) is 0. The first kappa shape index (κ1) is 12.5. The molecule has 2 rings (SSSR count). The second-order valence-corrected chi connectivity index (χ2v) is 4.56. The van der Waals surface area contributed by atoms with Crippen LogP contribution < -0.4 is 5.32 Å². The molecule has 1 aromatic rings. The van der Waals surface area contributed by atoms with Crippen LogP contribution in [0.1, 0.15) is 31.4 Å². The first-order chi connectivity index (χ1) is 8.31. The Kier molecular flexibility index (Phi) is 4.51. The highest BCUT2D eigenvalue weighted by atomic mass is 19.1. The molecule has 1 fully saturated rings. The molecule has 0 amide bonds. The SMILES string of the molecule is CCNCC1CCCOC1c1cccc(F)c1. The molecule has 0 radical (unpaired) electrons. The van der Waals surface area contributed by atoms with Crippen molar-refractivity contribution in [1.29, 1.82) is 0 Å². The zero-order valence-corrected chi connectivity index (χ0v) is 10.3. The Morgan fingerprint density at radius 1 is 1.47 bits per heavy atom. The molecule has 3 heteroatoms. The van der Waals surface area contributed by atoms with Gasteiger partial charge >= 0.3 is 0 Å². The van der Waals surface area contributed by atoms with Gasteiger partial charge in [-0.15, -0.1) is 0 Å². The first-order valence-corrected chi connectivity index (χ1v) is 6.39. The van der Waals surface area contributed by atoms with E-state index in [2.05, 4.69) is 12.2 Å². The van der Waals surface area contributed by atoms with Gasteiger partial charge in [-0.3, -0.25) is 0 Å². The standard InChI is InChI=1S/C14H20FNO/c1-2-16-10-12-6-4-8-17-14(12)11-5-3-7-13(15)9-11/h3,5,7,9,12,14,16H,2,4,6,8,10H2,1H3. The molecule has 0 aromatic heterocycles. The third kappa shape index (κ3) is 3.27. The van der Waals surface area contributed by atoms with Crippen LogP contribution in [0.25, 0.3) is 0 Å². The van der Waals surface area contributed by atoms with E-state index in [1.165, 1.54) is 6.07 Å². The Morgan fingerprint density at radius 2 is 2.35 bits per heavy atom. The van der Waals surface area contributed by atoms with Crippen LogP contribution in [-0.4, -0.2) is 19.7 Å². The predicted molar refractivity (Wildman–Crippen MR) is 66.4 cm³/mol. The van der Waals surface area contributed by atoms with Gasteiger partial charge < -0.3 is 10.1 Å². The summed E-state index contributed by atoms with van der Waals surface area (Å²) in [6.07, 6.45) is 2.29. The molecule has 1 saturated heterocycles. The molecule has 1 heterocycles. The molecule has 2 nitrogen and oxygen atoms in total. The van der Waals surface area contributed by atoms with Crippen LogP contribution in [0.2, 0.25) is 0 Å². The summed E-state index contributed by atoms with van der Waals surface area (Å²) in [6, 6.07) is 6.78. The molecule has 17 heavy (non-hydrogen) atoms. The maximum absolute atomic E-state index is 13.2. The normalized spacial score (nSPS) is 24.8. The Morgan fingerprint density at radius 3 is 3.12 bits per heavy atom. The summed E-state index contributed by atoms with van der Waals surface area (Å²) in [4.78, 5) is 0. The van der Waals surface area contributed by atoms with E-state index in [4.69, 9.17) is 4.74 Å². The minimum atomic E-state index is -0.182. The molecule has 0 spiro atoms. The van der Waals surface area contributed by atoms with Gasteiger partial charge in [0.2, 0.25) is 0 Å². The highest BCUT2D eigenvalue weighted by Crippen LogP contribution is 2.33. The van der Waals surface area contributed by atoms with Crippen molar-refractivity contribution in [3.63, 3.8) is 0 Å². The summed E-state index contributed by atoms with van der Waals surface area (Å²) in [6.45, 7) is 4.79. The van der Waals surface area contributed by atoms with Gasteiger partial charge in [0, 0.05) is 19.1 Å². The van der Waals surface area contributed by atoms with Gasteiger partial charge in [-0.1, -0.05) is 19.1 Å². The Bertz CT molecular complexity index is 356. The van der Waals surface area contributed by atoms with Crippen molar-refractivity contribution >= 4 is 0 Å². The quantitative estimate of drug-likeness (QED) is 0.869. The van der Waals surface area contributed by atoms with Crippen molar-refractivity contribution in [3.05, 3.63) is 35.6 Å². The average Bonchev–Trinajstić information content (AvgIpc) is 2.37. The number of hydrogen-bond acceptors (Lipinski definition) is 2. The lowest BCUT2D eigenvalue weighted by Gasteiger charge is -2.32. The summed E-state index contributed by atoms with van der Waals surface area (Å²) >= 11 is 0. The predicted octanol–water partition coefficient (Wildman–Crippen LogP) is 2.90. The lowest BCUT2D eigenvalue weighted by molar-refractivity contribution is -0.0277. The maximum atomic E-state index is 13.2. The van der Waals surface area contributed by atoms with Crippen molar-refractivity contribution in [2.75, 3.05) is 19.7 Å². The van der Waals surface area contributed by atoms with Crippen LogP contribution >= 0.6 is 0 Å². The van der Waals surface area contributed by atoms with Crippen LogP contribution in [0.3, 0.4) is 0 Å². The molecule has 1 N–H and O–H groups in total. The van der Waals surface area contributed by atoms with Gasteiger partial charge in [-0.05, 0) is 37.1 Å². The molecule has 0 aliphatic carbocycles. The van der Waals surface area contributed by atoms with Crippen LogP contribution in [0.4, 0.5) is 4.39 Å². The second kappa shape index (κ2) is 6.12. The fourth-order valence-electron chi connectivity index (χ4n) is 2.43. The van der Waals surface area contributed by atoms with Gasteiger partial charge in [-0.2, -0.15) is 0 Å². The third-order valence-electron chi connectivity index (χ3n) is 3.28. The zero-order valence-electron chi connectivity index (χ0n) is 10.3. The number of benzene rings is 1. The van der Waals surface area contributed by atoms with E-state index in [0.29, 0.717) is 5.92 Å². The fraction of sp³-hybridized carbons (Fsp3) is 0.571. The zero-order chi connectivity index (χ0) is 12.1. The van der Waals surface area contributed by atoms with E-state index in [1.54, 1.807) is 12.1 Å². The molecular weight excluding hydrogens is 217 g/mol. The largest absolute Gasteiger partial charge is 0.373 e. The van der Waals surface area contributed by atoms with Crippen LogP contribution in [0, 0.1) is 11.7 Å². The number of nitrogens with one attached hydrogen (secondary N) is 1. The molecule has 0 saturated carbocycles. The number of hydrogen-bond donors (Lipinski definition) is 1. The summed E-state index contributed by atoms with van der Waals surface area (Å²) in [5, 5.41) is 3.36. The van der Waals surface area contributed by atoms with Gasteiger partial charge in [0.05, 0.1) is 6.10 Å². The van der Waals surface area contributed by atoms with Crippen molar-refractivity contribution < 1.29 is 9.13 Å². The molecular formula is C14H20FNO. The van der Waals surface area contributed by atoms with E-state index in [9.17, 15) is 4.39 Å². The van der Waals surface area contributed by atoms with Crippen molar-refractivity contribution in [2.45, 2.75) is 25.9 Å². The lowest BCUT2D eigenvalue weighted by atomic mass is 9.89. The van der Waals surface area contributed by atoms with E-state index in [0.717, 1.165) is 38.1 Å². The molecule has 1 aromatic carbocycles. The van der Waals surface area contributed by atoms with E-state index in [-0.39, 0.29) is 11.9 Å². The maximum Gasteiger partial charge on any atom is 0.123 e. The Balaban J connectivity index is 2.10. The van der Waals surface area contributed by atoms with E-state index >= 15 is 0 Å². The smallest absolute Gasteiger partial charge is 0.123 e. The minimum absolute atomic E-state index is 0.0403. The lowest BCUT2D eigenvalue weighted by Crippen LogP contribution is -2.31. The molecule has 2 atom stereocenters. The van der Waals surface area contributed by atoms with Gasteiger partial charge in [0.1, 0.15) is 5.82 Å². The number of ether oxygens (including phenoxy) is 1. The molecule has 1 aliphatic heterocycles. The molecule has 0 bridgehead atoms. The fourth-order valence-corrected chi connectivity index (χ4v) is 2.43. The van der Waals surface area contributed by atoms with Crippen LogP contribution in [-0.2, 0) is 4.74 Å².